The van der Waals surface area contributed by atoms with Crippen molar-refractivity contribution in [2.45, 2.75) is 63.3 Å². The van der Waals surface area contributed by atoms with Crippen LogP contribution in [0.2, 0.25) is 0 Å². The van der Waals surface area contributed by atoms with Gasteiger partial charge in [0, 0.05) is 29.3 Å². The highest BCUT2D eigenvalue weighted by Crippen LogP contribution is 2.44. The molecule has 5 unspecified atom stereocenters. The molecule has 0 bridgehead atoms. The fourth-order valence-corrected chi connectivity index (χ4v) is 6.08. The van der Waals surface area contributed by atoms with E-state index in [0.717, 1.165) is 5.57 Å². The number of nitrogens with two attached hydrogens (primary N) is 1. The molecule has 230 valence electrons. The molecule has 3 aliphatic rings. The van der Waals surface area contributed by atoms with Gasteiger partial charge >= 0.3 is 0 Å². The van der Waals surface area contributed by atoms with E-state index in [-0.39, 0.29) is 52.3 Å². The maximum absolute atomic E-state index is 13.9. The number of carbonyl (C=O) groups excluding carboxylic acids is 2. The number of aryl methyl sites for hydroxylation is 1. The molecule has 2 aromatic rings. The number of aromatic hydroxyl groups is 1. The largest absolute Gasteiger partial charge is 0.507 e. The third-order valence-corrected chi connectivity index (χ3v) is 8.32. The number of ketones is 2. The van der Waals surface area contributed by atoms with Crippen LogP contribution in [0.1, 0.15) is 62.7 Å². The maximum Gasteiger partial charge on any atom is 0.229 e. The van der Waals surface area contributed by atoms with Gasteiger partial charge in [0.15, 0.2) is 5.78 Å². The van der Waals surface area contributed by atoms with Gasteiger partial charge in [-0.25, -0.2) is 0 Å². The summed E-state index contributed by atoms with van der Waals surface area (Å²) in [5, 5.41) is 57.4. The molecule has 43 heavy (non-hydrogen) atoms. The van der Waals surface area contributed by atoms with Crippen molar-refractivity contribution in [2.24, 2.45) is 5.73 Å². The summed E-state index contributed by atoms with van der Waals surface area (Å²) in [6, 6.07) is 4.27. The number of aliphatic hydroxyl groups excluding tert-OH is 3. The smallest absolute Gasteiger partial charge is 0.229 e. The Hall–Kier alpha value is -3.94. The molecular formula is C31H36N2O10. The van der Waals surface area contributed by atoms with Crippen LogP contribution in [-0.2, 0) is 11.2 Å². The number of aliphatic hydroxyl groups is 4. The van der Waals surface area contributed by atoms with E-state index in [9.17, 15) is 35.1 Å². The Kier molecular flexibility index (Phi) is 8.25. The topological polar surface area (TPSA) is 201 Å². The first-order chi connectivity index (χ1) is 20.4. The second-order valence-electron chi connectivity index (χ2n) is 11.0. The van der Waals surface area contributed by atoms with Gasteiger partial charge in [-0.3, -0.25) is 9.59 Å². The summed E-state index contributed by atoms with van der Waals surface area (Å²) >= 11 is 0. The Labute approximate surface area is 248 Å². The number of fused-ring (bicyclic) bond motifs is 2. The fourth-order valence-electron chi connectivity index (χ4n) is 6.08. The molecule has 12 heteroatoms. The van der Waals surface area contributed by atoms with Crippen LogP contribution in [0.4, 0.5) is 0 Å². The van der Waals surface area contributed by atoms with Crippen molar-refractivity contribution >= 4 is 11.6 Å². The van der Waals surface area contributed by atoms with E-state index < -0.39 is 48.4 Å². The molecule has 2 aromatic carbocycles. The van der Waals surface area contributed by atoms with Crippen molar-refractivity contribution in [3.8, 4) is 17.2 Å². The predicted molar refractivity (Wildman–Crippen MR) is 153 cm³/mol. The molecule has 2 heterocycles. The van der Waals surface area contributed by atoms with Crippen molar-refractivity contribution in [3.63, 3.8) is 0 Å². The number of phenolic OH excluding ortho intramolecular Hbond substituents is 1. The zero-order chi connectivity index (χ0) is 31.2. The molecule has 0 radical (unpaired) electrons. The van der Waals surface area contributed by atoms with Gasteiger partial charge in [-0.05, 0) is 55.5 Å². The lowest BCUT2D eigenvalue weighted by atomic mass is 9.79. The van der Waals surface area contributed by atoms with E-state index in [2.05, 4.69) is 5.32 Å². The number of nitrogens with one attached hydrogen (secondary N) is 1. The summed E-state index contributed by atoms with van der Waals surface area (Å²) in [4.78, 5) is 27.6. The molecule has 1 saturated heterocycles. The lowest BCUT2D eigenvalue weighted by Crippen LogP contribution is -2.67. The SMILES string of the molecule is CCc1c(OC)cc(OC2OC(CO)C(O)(CCC3=CCNC(N)=C3)C(O)C2O)c2c1C(=O)c1cc(C)cc(O)c1C2=O. The molecule has 8 N–H and O–H groups in total. The molecule has 0 saturated carbocycles. The number of ether oxygens (including phenoxy) is 3. The first kappa shape index (κ1) is 30.5. The van der Waals surface area contributed by atoms with Gasteiger partial charge in [-0.15, -0.1) is 0 Å². The van der Waals surface area contributed by atoms with E-state index in [4.69, 9.17) is 19.9 Å². The molecular weight excluding hydrogens is 560 g/mol. The van der Waals surface area contributed by atoms with Crippen LogP contribution in [0.3, 0.4) is 0 Å². The van der Waals surface area contributed by atoms with E-state index in [1.807, 2.05) is 6.08 Å². The number of allylic oxidation sites excluding steroid dienone is 2. The van der Waals surface area contributed by atoms with Gasteiger partial charge in [0.2, 0.25) is 12.1 Å². The zero-order valence-electron chi connectivity index (χ0n) is 24.1. The normalized spacial score (nSPS) is 26.6. The molecule has 5 rings (SSSR count). The lowest BCUT2D eigenvalue weighted by Gasteiger charge is -2.48. The summed E-state index contributed by atoms with van der Waals surface area (Å²) < 4.78 is 17.3. The van der Waals surface area contributed by atoms with Gasteiger partial charge < -0.3 is 50.8 Å². The van der Waals surface area contributed by atoms with Crippen LogP contribution >= 0.6 is 0 Å². The minimum atomic E-state index is -2.07. The Balaban J connectivity index is 1.51. The highest BCUT2D eigenvalue weighted by Gasteiger charge is 2.55. The van der Waals surface area contributed by atoms with Gasteiger partial charge in [-0.2, -0.15) is 0 Å². The van der Waals surface area contributed by atoms with Crippen molar-refractivity contribution in [1.82, 2.24) is 5.32 Å². The second kappa shape index (κ2) is 11.6. The summed E-state index contributed by atoms with van der Waals surface area (Å²) in [6.45, 7) is 3.24. The van der Waals surface area contributed by atoms with Gasteiger partial charge in [0.1, 0.15) is 41.2 Å². The zero-order valence-corrected chi connectivity index (χ0v) is 24.1. The minimum absolute atomic E-state index is 0.0305. The van der Waals surface area contributed by atoms with Crippen LogP contribution in [0.5, 0.6) is 17.2 Å². The first-order valence-electron chi connectivity index (χ1n) is 14.0. The monoisotopic (exact) mass is 596 g/mol. The third kappa shape index (κ3) is 5.15. The Bertz CT molecular complexity index is 1530. The quantitative estimate of drug-likeness (QED) is 0.192. The molecule has 0 amide bonds. The van der Waals surface area contributed by atoms with Crippen LogP contribution < -0.4 is 20.5 Å². The standard InChI is InChI=1S/C31H36N2O10/c1-4-16-19(41-3)12-20(25-24(16)26(36)17-9-14(2)10-18(35)23(17)27(25)37)42-30-28(38)29(39)31(40,21(13-34)43-30)7-5-15-6-8-33-22(32)11-15/h6,9-12,21,28-30,33-35,38-40H,4-5,7-8,13,32H2,1-3H3. The highest BCUT2D eigenvalue weighted by atomic mass is 16.7. The first-order valence-corrected chi connectivity index (χ1v) is 14.0. The molecule has 1 fully saturated rings. The predicted octanol–water partition coefficient (Wildman–Crippen LogP) is 0.706. The number of methoxy groups -OCH3 is 1. The van der Waals surface area contributed by atoms with E-state index in [1.54, 1.807) is 19.9 Å². The second-order valence-corrected chi connectivity index (χ2v) is 11.0. The lowest BCUT2D eigenvalue weighted by molar-refractivity contribution is -0.314. The van der Waals surface area contributed by atoms with Crippen molar-refractivity contribution in [3.05, 3.63) is 75.1 Å². The van der Waals surface area contributed by atoms with E-state index in [0.29, 0.717) is 29.9 Å². The summed E-state index contributed by atoms with van der Waals surface area (Å²) in [5.41, 5.74) is 5.30. The summed E-state index contributed by atoms with van der Waals surface area (Å²) in [7, 11) is 1.39. The third-order valence-electron chi connectivity index (χ3n) is 8.32. The average molecular weight is 597 g/mol. The van der Waals surface area contributed by atoms with Crippen LogP contribution in [-0.4, -0.2) is 87.6 Å². The Morgan fingerprint density at radius 2 is 1.86 bits per heavy atom. The number of hydrogen-bond donors (Lipinski definition) is 7. The van der Waals surface area contributed by atoms with Crippen molar-refractivity contribution in [1.29, 1.82) is 0 Å². The average Bonchev–Trinajstić information content (AvgIpc) is 2.98. The molecule has 0 spiro atoms. The van der Waals surface area contributed by atoms with E-state index in [1.165, 1.54) is 25.3 Å². The number of dihydropyridines is 1. The maximum atomic E-state index is 13.9. The number of rotatable bonds is 8. The van der Waals surface area contributed by atoms with Crippen LogP contribution in [0.15, 0.2) is 41.7 Å². The molecule has 12 nitrogen and oxygen atoms in total. The molecule has 5 atom stereocenters. The number of hydrogen-bond acceptors (Lipinski definition) is 12. The van der Waals surface area contributed by atoms with Crippen LogP contribution in [0, 0.1) is 6.92 Å². The Morgan fingerprint density at radius 1 is 1.12 bits per heavy atom. The Morgan fingerprint density at radius 3 is 2.51 bits per heavy atom. The van der Waals surface area contributed by atoms with Crippen molar-refractivity contribution < 1.29 is 49.3 Å². The minimum Gasteiger partial charge on any atom is -0.507 e. The number of carbonyl (C=O) groups is 2. The summed E-state index contributed by atoms with van der Waals surface area (Å²) in [5.74, 6) is -1.08. The van der Waals surface area contributed by atoms with Crippen molar-refractivity contribution in [2.75, 3.05) is 20.3 Å². The number of phenols is 1. The molecule has 1 aliphatic carbocycles. The van der Waals surface area contributed by atoms with Gasteiger partial charge in [-0.1, -0.05) is 13.0 Å². The summed E-state index contributed by atoms with van der Waals surface area (Å²) in [6.07, 6.45) is -2.68. The number of benzene rings is 2. The molecule has 0 aromatic heterocycles. The van der Waals surface area contributed by atoms with Gasteiger partial charge in [0.05, 0.1) is 30.7 Å². The van der Waals surface area contributed by atoms with Gasteiger partial charge in [0.25, 0.3) is 0 Å². The van der Waals surface area contributed by atoms with Crippen LogP contribution in [0.25, 0.3) is 0 Å². The highest BCUT2D eigenvalue weighted by molar-refractivity contribution is 6.31. The van der Waals surface area contributed by atoms with E-state index >= 15 is 0 Å². The molecule has 2 aliphatic heterocycles. The fraction of sp³-hybridized carbons (Fsp3) is 0.419.